The SMILES string of the molecule is CC(C)OC(=O)N(C(=O)OC(C)(C)C)c1cnc(-c2cncc(F)c2)s1. The van der Waals surface area contributed by atoms with Crippen molar-refractivity contribution in [3.8, 4) is 10.6 Å². The highest BCUT2D eigenvalue weighted by atomic mass is 32.1. The van der Waals surface area contributed by atoms with Crippen LogP contribution in [0.2, 0.25) is 0 Å². The third kappa shape index (κ3) is 5.22. The Morgan fingerprint density at radius 3 is 2.46 bits per heavy atom. The largest absolute Gasteiger partial charge is 0.446 e. The maximum absolute atomic E-state index is 13.4. The maximum Gasteiger partial charge on any atom is 0.425 e. The van der Waals surface area contributed by atoms with E-state index in [-0.39, 0.29) is 5.00 Å². The van der Waals surface area contributed by atoms with E-state index >= 15 is 0 Å². The van der Waals surface area contributed by atoms with Gasteiger partial charge < -0.3 is 9.47 Å². The molecule has 0 atom stereocenters. The van der Waals surface area contributed by atoms with Gasteiger partial charge >= 0.3 is 12.2 Å². The van der Waals surface area contributed by atoms with Gasteiger partial charge in [-0.2, -0.15) is 4.90 Å². The monoisotopic (exact) mass is 381 g/mol. The van der Waals surface area contributed by atoms with Gasteiger partial charge in [0.2, 0.25) is 0 Å². The number of imide groups is 1. The highest BCUT2D eigenvalue weighted by molar-refractivity contribution is 7.19. The molecule has 2 aromatic heterocycles. The maximum atomic E-state index is 13.4. The summed E-state index contributed by atoms with van der Waals surface area (Å²) in [6.07, 6.45) is 1.67. The molecule has 0 spiro atoms. The van der Waals surface area contributed by atoms with Crippen molar-refractivity contribution in [2.45, 2.75) is 46.3 Å². The first-order chi connectivity index (χ1) is 12.1. The van der Waals surface area contributed by atoms with Gasteiger partial charge in [0.05, 0.1) is 18.5 Å². The summed E-state index contributed by atoms with van der Waals surface area (Å²) in [6, 6.07) is 1.26. The Hall–Kier alpha value is -2.55. The van der Waals surface area contributed by atoms with Gasteiger partial charge in [0.15, 0.2) is 0 Å². The third-order valence-electron chi connectivity index (χ3n) is 2.76. The molecule has 0 saturated carbocycles. The average molecular weight is 381 g/mol. The minimum atomic E-state index is -0.879. The predicted octanol–water partition coefficient (Wildman–Crippen LogP) is 4.63. The lowest BCUT2D eigenvalue weighted by Gasteiger charge is -2.25. The summed E-state index contributed by atoms with van der Waals surface area (Å²) < 4.78 is 23.8. The molecular weight excluding hydrogens is 361 g/mol. The zero-order valence-corrected chi connectivity index (χ0v) is 16.0. The first-order valence-corrected chi connectivity index (χ1v) is 8.69. The molecule has 2 heterocycles. The fraction of sp³-hybridized carbons (Fsp3) is 0.412. The Balaban J connectivity index is 2.36. The number of carbonyl (C=O) groups is 2. The van der Waals surface area contributed by atoms with Crippen LogP contribution >= 0.6 is 11.3 Å². The van der Waals surface area contributed by atoms with E-state index in [1.165, 1.54) is 18.5 Å². The standard InChI is InChI=1S/C17H20FN3O4S/c1-10(2)24-15(22)21(16(23)25-17(3,4)5)13-9-20-14(26-13)11-6-12(18)8-19-7-11/h6-10H,1-5H3. The highest BCUT2D eigenvalue weighted by Crippen LogP contribution is 2.32. The fourth-order valence-corrected chi connectivity index (χ4v) is 2.73. The second-order valence-corrected chi connectivity index (χ2v) is 7.65. The van der Waals surface area contributed by atoms with Crippen LogP contribution in [0.4, 0.5) is 19.0 Å². The molecule has 0 unspecified atom stereocenters. The van der Waals surface area contributed by atoms with Gasteiger partial charge in [-0.15, -0.1) is 0 Å². The normalized spacial score (nSPS) is 11.3. The summed E-state index contributed by atoms with van der Waals surface area (Å²) in [7, 11) is 0. The number of thiazole rings is 1. The molecule has 140 valence electrons. The number of aromatic nitrogens is 2. The van der Waals surface area contributed by atoms with Gasteiger partial charge in [0, 0.05) is 11.8 Å². The van der Waals surface area contributed by atoms with E-state index in [4.69, 9.17) is 9.47 Å². The number of pyridine rings is 1. The van der Waals surface area contributed by atoms with E-state index in [0.717, 1.165) is 22.4 Å². The number of rotatable bonds is 3. The molecule has 26 heavy (non-hydrogen) atoms. The summed E-state index contributed by atoms with van der Waals surface area (Å²) in [4.78, 5) is 33.6. The number of nitrogens with zero attached hydrogens (tertiary/aromatic N) is 3. The summed E-state index contributed by atoms with van der Waals surface area (Å²) >= 11 is 1.02. The second kappa shape index (κ2) is 7.77. The topological polar surface area (TPSA) is 81.6 Å². The number of ether oxygens (including phenoxy) is 2. The van der Waals surface area contributed by atoms with Crippen molar-refractivity contribution in [3.05, 3.63) is 30.5 Å². The molecule has 0 aromatic carbocycles. The summed E-state index contributed by atoms with van der Waals surface area (Å²) in [5, 5.41) is 0.599. The van der Waals surface area contributed by atoms with E-state index in [9.17, 15) is 14.0 Å². The third-order valence-corrected chi connectivity index (χ3v) is 3.79. The van der Waals surface area contributed by atoms with Crippen LogP contribution in [0.15, 0.2) is 24.7 Å². The molecule has 0 aliphatic heterocycles. The van der Waals surface area contributed by atoms with Crippen molar-refractivity contribution in [1.29, 1.82) is 0 Å². The van der Waals surface area contributed by atoms with Crippen LogP contribution in [-0.2, 0) is 9.47 Å². The lowest BCUT2D eigenvalue weighted by molar-refractivity contribution is 0.0555. The number of hydrogen-bond acceptors (Lipinski definition) is 7. The predicted molar refractivity (Wildman–Crippen MR) is 95.6 cm³/mol. The van der Waals surface area contributed by atoms with Crippen molar-refractivity contribution in [1.82, 2.24) is 9.97 Å². The fourth-order valence-electron chi connectivity index (χ4n) is 1.85. The number of anilines is 1. The van der Waals surface area contributed by atoms with Crippen molar-refractivity contribution < 1.29 is 23.5 Å². The molecule has 7 nitrogen and oxygen atoms in total. The van der Waals surface area contributed by atoms with E-state index in [1.807, 2.05) is 0 Å². The first-order valence-electron chi connectivity index (χ1n) is 7.87. The molecule has 0 aliphatic rings. The van der Waals surface area contributed by atoms with Crippen molar-refractivity contribution in [2.24, 2.45) is 0 Å². The zero-order chi connectivity index (χ0) is 19.5. The van der Waals surface area contributed by atoms with Gasteiger partial charge in [-0.25, -0.2) is 19.0 Å². The second-order valence-electron chi connectivity index (χ2n) is 6.64. The summed E-state index contributed by atoms with van der Waals surface area (Å²) in [5.74, 6) is -0.512. The molecule has 0 radical (unpaired) electrons. The molecule has 0 fully saturated rings. The van der Waals surface area contributed by atoms with Crippen LogP contribution in [0.5, 0.6) is 0 Å². The molecule has 2 rings (SSSR count). The summed E-state index contributed by atoms with van der Waals surface area (Å²) in [5.41, 5.74) is -0.365. The number of halogens is 1. The Morgan fingerprint density at radius 2 is 1.88 bits per heavy atom. The lowest BCUT2D eigenvalue weighted by atomic mass is 10.2. The number of amides is 2. The van der Waals surface area contributed by atoms with Crippen LogP contribution in [-0.4, -0.2) is 33.9 Å². The lowest BCUT2D eigenvalue weighted by Crippen LogP contribution is -2.41. The van der Waals surface area contributed by atoms with Crippen LogP contribution in [0, 0.1) is 5.82 Å². The van der Waals surface area contributed by atoms with Crippen LogP contribution in [0.25, 0.3) is 10.6 Å². The van der Waals surface area contributed by atoms with Crippen molar-refractivity contribution in [2.75, 3.05) is 4.90 Å². The average Bonchev–Trinajstić information content (AvgIpc) is 2.94. The van der Waals surface area contributed by atoms with Crippen molar-refractivity contribution >= 4 is 28.5 Å². The summed E-state index contributed by atoms with van der Waals surface area (Å²) in [6.45, 7) is 8.40. The van der Waals surface area contributed by atoms with Crippen LogP contribution in [0.3, 0.4) is 0 Å². The van der Waals surface area contributed by atoms with Crippen LogP contribution < -0.4 is 4.90 Å². The Labute approximate surface area is 154 Å². The minimum Gasteiger partial charge on any atom is -0.446 e. The number of hydrogen-bond donors (Lipinski definition) is 0. The zero-order valence-electron chi connectivity index (χ0n) is 15.1. The minimum absolute atomic E-state index is 0.198. The smallest absolute Gasteiger partial charge is 0.425 e. The van der Waals surface area contributed by atoms with E-state index < -0.39 is 29.7 Å². The van der Waals surface area contributed by atoms with Gasteiger partial charge in [-0.1, -0.05) is 11.3 Å². The molecule has 2 amide bonds. The Morgan fingerprint density at radius 1 is 1.19 bits per heavy atom. The molecular formula is C17H20FN3O4S. The molecule has 2 aromatic rings. The highest BCUT2D eigenvalue weighted by Gasteiger charge is 2.32. The van der Waals surface area contributed by atoms with E-state index in [1.54, 1.807) is 34.6 Å². The van der Waals surface area contributed by atoms with E-state index in [0.29, 0.717) is 10.6 Å². The van der Waals surface area contributed by atoms with Crippen molar-refractivity contribution in [3.63, 3.8) is 0 Å². The molecule has 9 heteroatoms. The molecule has 0 bridgehead atoms. The van der Waals surface area contributed by atoms with Crippen LogP contribution in [0.1, 0.15) is 34.6 Å². The Bertz CT molecular complexity index is 801. The van der Waals surface area contributed by atoms with E-state index in [2.05, 4.69) is 9.97 Å². The van der Waals surface area contributed by atoms with Gasteiger partial charge in [-0.3, -0.25) is 4.98 Å². The molecule has 0 N–H and O–H groups in total. The first kappa shape index (κ1) is 19.8. The van der Waals surface area contributed by atoms with Gasteiger partial charge in [0.25, 0.3) is 0 Å². The molecule has 0 aliphatic carbocycles. The van der Waals surface area contributed by atoms with Gasteiger partial charge in [-0.05, 0) is 40.7 Å². The Kier molecular flexibility index (Phi) is 5.91. The quantitative estimate of drug-likeness (QED) is 0.771. The molecule has 0 saturated heterocycles. The number of carbonyl (C=O) groups excluding carboxylic acids is 2. The van der Waals surface area contributed by atoms with Gasteiger partial charge in [0.1, 0.15) is 21.4 Å².